The van der Waals surface area contributed by atoms with E-state index in [4.69, 9.17) is 0 Å². The number of hydrogen-bond donors (Lipinski definition) is 3. The minimum Gasteiger partial charge on any atom is -0.393 e. The molecule has 0 heterocycles. The zero-order valence-electron chi connectivity index (χ0n) is 15.0. The maximum Gasteiger partial charge on any atom is 0.137 e. The van der Waals surface area contributed by atoms with Crippen LogP contribution in [0, 0.1) is 28.6 Å². The molecule has 0 aromatic carbocycles. The largest absolute Gasteiger partial charge is 0.393 e. The summed E-state index contributed by atoms with van der Waals surface area (Å²) in [5.41, 5.74) is -0.324. The summed E-state index contributed by atoms with van der Waals surface area (Å²) in [7, 11) is 0. The van der Waals surface area contributed by atoms with Crippen molar-refractivity contribution in [2.45, 2.75) is 77.1 Å². The van der Waals surface area contributed by atoms with Gasteiger partial charge in [0.15, 0.2) is 0 Å². The molecule has 4 nitrogen and oxygen atoms in total. The number of hydrogen-bond acceptors (Lipinski definition) is 4. The van der Waals surface area contributed by atoms with Gasteiger partial charge in [0.25, 0.3) is 0 Å². The van der Waals surface area contributed by atoms with E-state index in [-0.39, 0.29) is 34.4 Å². The number of aliphatic hydroxyl groups excluding tert-OH is 2. The van der Waals surface area contributed by atoms with Crippen molar-refractivity contribution in [1.82, 2.24) is 0 Å². The second-order valence-electron chi connectivity index (χ2n) is 9.68. The van der Waals surface area contributed by atoms with Crippen LogP contribution in [0.3, 0.4) is 0 Å². The summed E-state index contributed by atoms with van der Waals surface area (Å²) in [5, 5.41) is 31.8. The van der Waals surface area contributed by atoms with Gasteiger partial charge in [0.1, 0.15) is 5.78 Å². The van der Waals surface area contributed by atoms with Crippen LogP contribution in [-0.2, 0) is 4.79 Å². The number of carbonyl (C=O) groups is 1. The Morgan fingerprint density at radius 2 is 1.79 bits per heavy atom. The van der Waals surface area contributed by atoms with Crippen LogP contribution >= 0.6 is 0 Å². The van der Waals surface area contributed by atoms with Gasteiger partial charge in [-0.25, -0.2) is 0 Å². The first-order chi connectivity index (χ1) is 11.1. The first kappa shape index (κ1) is 16.7. The summed E-state index contributed by atoms with van der Waals surface area (Å²) in [6.45, 7) is 6.03. The molecule has 24 heavy (non-hydrogen) atoms. The third kappa shape index (κ3) is 2.06. The van der Waals surface area contributed by atoms with Crippen LogP contribution in [0.4, 0.5) is 0 Å². The van der Waals surface area contributed by atoms with Crippen molar-refractivity contribution < 1.29 is 20.1 Å². The lowest BCUT2D eigenvalue weighted by Gasteiger charge is -2.58. The van der Waals surface area contributed by atoms with Crippen LogP contribution < -0.4 is 0 Å². The average Bonchev–Trinajstić information content (AvgIpc) is 2.76. The molecule has 3 N–H and O–H groups in total. The van der Waals surface area contributed by atoms with Crippen LogP contribution in [0.2, 0.25) is 0 Å². The highest BCUT2D eigenvalue weighted by molar-refractivity contribution is 5.85. The first-order valence-electron chi connectivity index (χ1n) is 9.41. The van der Waals surface area contributed by atoms with E-state index in [1.807, 2.05) is 19.9 Å². The van der Waals surface area contributed by atoms with Crippen molar-refractivity contribution in [2.75, 3.05) is 0 Å². The SMILES string of the molecule is C[C@]1(O)CC[C@@]2(C)C(=C[C@H](O)[C@H]3[C@@H]4CC[C@H](O)[C@@]4(C)CC(=O)[C@@H]32)C1. The molecule has 0 radical (unpaired) electrons. The molecule has 4 aliphatic carbocycles. The molecule has 0 aliphatic heterocycles. The summed E-state index contributed by atoms with van der Waals surface area (Å²) < 4.78 is 0. The molecule has 134 valence electrons. The molecule has 0 bridgehead atoms. The summed E-state index contributed by atoms with van der Waals surface area (Å²) in [4.78, 5) is 13.2. The fourth-order valence-corrected chi connectivity index (χ4v) is 6.58. The minimum atomic E-state index is -0.742. The van der Waals surface area contributed by atoms with Gasteiger partial charge in [-0.05, 0) is 50.4 Å². The van der Waals surface area contributed by atoms with Crippen molar-refractivity contribution in [3.05, 3.63) is 11.6 Å². The fourth-order valence-electron chi connectivity index (χ4n) is 6.58. The van der Waals surface area contributed by atoms with E-state index >= 15 is 0 Å². The number of fused-ring (bicyclic) bond motifs is 5. The molecule has 0 amide bonds. The Hall–Kier alpha value is -0.710. The normalized spacial score (nSPS) is 57.0. The van der Waals surface area contributed by atoms with Gasteiger partial charge in [0.05, 0.1) is 17.8 Å². The third-order valence-corrected chi connectivity index (χ3v) is 8.05. The van der Waals surface area contributed by atoms with Crippen LogP contribution in [0.1, 0.15) is 59.3 Å². The van der Waals surface area contributed by atoms with Gasteiger partial charge >= 0.3 is 0 Å². The first-order valence-corrected chi connectivity index (χ1v) is 9.41. The Labute approximate surface area is 144 Å². The van der Waals surface area contributed by atoms with E-state index in [2.05, 4.69) is 6.92 Å². The van der Waals surface area contributed by atoms with Crippen molar-refractivity contribution in [3.8, 4) is 0 Å². The fraction of sp³-hybridized carbons (Fsp3) is 0.850. The van der Waals surface area contributed by atoms with Crippen molar-refractivity contribution >= 4 is 5.78 Å². The molecular formula is C20H30O4. The highest BCUT2D eigenvalue weighted by atomic mass is 16.3. The summed E-state index contributed by atoms with van der Waals surface area (Å²) in [5.74, 6) is 0.132. The monoisotopic (exact) mass is 334 g/mol. The number of carbonyl (C=O) groups excluding carboxylic acids is 1. The van der Waals surface area contributed by atoms with Crippen molar-refractivity contribution in [2.24, 2.45) is 28.6 Å². The summed E-state index contributed by atoms with van der Waals surface area (Å²) in [6.07, 6.45) is 4.91. The van der Waals surface area contributed by atoms with E-state index in [9.17, 15) is 20.1 Å². The van der Waals surface area contributed by atoms with Crippen LogP contribution in [0.25, 0.3) is 0 Å². The molecule has 4 heteroatoms. The number of Topliss-reactive ketones (excluding diaryl/α,β-unsaturated/α-hetero) is 1. The Kier molecular flexibility index (Phi) is 3.44. The maximum absolute atomic E-state index is 13.2. The zero-order valence-corrected chi connectivity index (χ0v) is 15.0. The molecule has 3 fully saturated rings. The van der Waals surface area contributed by atoms with Crippen molar-refractivity contribution in [1.29, 1.82) is 0 Å². The van der Waals surface area contributed by atoms with Crippen LogP contribution in [-0.4, -0.2) is 38.9 Å². The minimum absolute atomic E-state index is 0.0924. The van der Waals surface area contributed by atoms with E-state index in [1.54, 1.807) is 0 Å². The van der Waals surface area contributed by atoms with Gasteiger partial charge in [-0.2, -0.15) is 0 Å². The quantitative estimate of drug-likeness (QED) is 0.594. The van der Waals surface area contributed by atoms with Gasteiger partial charge in [-0.1, -0.05) is 25.5 Å². The standard InChI is InChI=1S/C20H30O4/c1-18(24)6-7-19(2)11(9-18)8-13(21)16-12-4-5-15(23)20(12,3)10-14(22)17(16)19/h8,12-13,15-17,21,23-24H,4-7,9-10H2,1-3H3/t12-,13-,15-,16+,17-,18-,19-,20-/m0/s1. The summed E-state index contributed by atoms with van der Waals surface area (Å²) >= 11 is 0. The molecule has 0 aromatic rings. The van der Waals surface area contributed by atoms with Crippen molar-refractivity contribution in [3.63, 3.8) is 0 Å². The Morgan fingerprint density at radius 1 is 1.08 bits per heavy atom. The number of aliphatic hydroxyl groups is 3. The van der Waals surface area contributed by atoms with Crippen LogP contribution in [0.5, 0.6) is 0 Å². The number of ketones is 1. The summed E-state index contributed by atoms with van der Waals surface area (Å²) in [6, 6.07) is 0. The Balaban J connectivity index is 1.79. The van der Waals surface area contributed by atoms with Gasteiger partial charge in [0.2, 0.25) is 0 Å². The smallest absolute Gasteiger partial charge is 0.137 e. The van der Waals surface area contributed by atoms with Gasteiger partial charge in [-0.15, -0.1) is 0 Å². The Bertz CT molecular complexity index is 609. The lowest BCUT2D eigenvalue weighted by molar-refractivity contribution is -0.156. The van der Waals surface area contributed by atoms with E-state index in [0.717, 1.165) is 24.8 Å². The van der Waals surface area contributed by atoms with E-state index in [1.165, 1.54) is 0 Å². The third-order valence-electron chi connectivity index (χ3n) is 8.05. The van der Waals surface area contributed by atoms with E-state index < -0.39 is 17.8 Å². The average molecular weight is 334 g/mol. The molecule has 0 unspecified atom stereocenters. The Morgan fingerprint density at radius 3 is 2.50 bits per heavy atom. The lowest BCUT2D eigenvalue weighted by Crippen LogP contribution is -2.59. The predicted molar refractivity (Wildman–Crippen MR) is 90.1 cm³/mol. The molecule has 0 spiro atoms. The maximum atomic E-state index is 13.2. The molecule has 8 atom stereocenters. The van der Waals surface area contributed by atoms with Gasteiger partial charge in [0, 0.05) is 23.7 Å². The highest BCUT2D eigenvalue weighted by Crippen LogP contribution is 2.64. The molecular weight excluding hydrogens is 304 g/mol. The van der Waals surface area contributed by atoms with Crippen LogP contribution in [0.15, 0.2) is 11.6 Å². The van der Waals surface area contributed by atoms with Gasteiger partial charge in [-0.3, -0.25) is 4.79 Å². The predicted octanol–water partition coefficient (Wildman–Crippen LogP) is 2.21. The zero-order chi connectivity index (χ0) is 17.5. The number of rotatable bonds is 0. The second kappa shape index (κ2) is 4.93. The molecule has 0 saturated heterocycles. The highest BCUT2D eigenvalue weighted by Gasteiger charge is 2.64. The topological polar surface area (TPSA) is 77.8 Å². The lowest BCUT2D eigenvalue weighted by atomic mass is 9.46. The van der Waals surface area contributed by atoms with Gasteiger partial charge < -0.3 is 15.3 Å². The second-order valence-corrected chi connectivity index (χ2v) is 9.68. The molecule has 4 aliphatic rings. The molecule has 3 saturated carbocycles. The molecule has 4 rings (SSSR count). The van der Waals surface area contributed by atoms with E-state index in [0.29, 0.717) is 19.3 Å². The molecule has 0 aromatic heterocycles.